The number of rotatable bonds is 4. The van der Waals surface area contributed by atoms with Crippen LogP contribution in [0.2, 0.25) is 0 Å². The minimum Gasteiger partial charge on any atom is -0.394 e. The van der Waals surface area contributed by atoms with E-state index in [-0.39, 0.29) is 19.3 Å². The van der Waals surface area contributed by atoms with E-state index in [1.165, 1.54) is 0 Å². The summed E-state index contributed by atoms with van der Waals surface area (Å²) in [6.45, 7) is 9.77. The molecule has 19 heavy (non-hydrogen) atoms. The van der Waals surface area contributed by atoms with Gasteiger partial charge >= 0.3 is 0 Å². The standard InChI is InChI=1S/C5H10O2.C5H10O.C4H10O2/c1-2-4-5(3-6)7-4;1-2-3-4-5-6;1-4(2,3)6-5/h4-6H,2-3H2,1H3;3-4,6H,2,5H2,1H3;5H,1-3H3/b;4-3-;. The summed E-state index contributed by atoms with van der Waals surface area (Å²) in [5.74, 6) is 0. The van der Waals surface area contributed by atoms with Crippen molar-refractivity contribution in [2.45, 2.75) is 65.3 Å². The number of hydrogen-bond donors (Lipinski definition) is 3. The predicted molar refractivity (Wildman–Crippen MR) is 76.0 cm³/mol. The van der Waals surface area contributed by atoms with Crippen molar-refractivity contribution in [2.75, 3.05) is 13.2 Å². The Labute approximate surface area is 116 Å². The number of aliphatic hydroxyl groups excluding tert-OH is 2. The van der Waals surface area contributed by atoms with Crippen LogP contribution in [0, 0.1) is 0 Å². The highest BCUT2D eigenvalue weighted by atomic mass is 17.1. The molecule has 0 amide bonds. The van der Waals surface area contributed by atoms with Crippen LogP contribution in [0.1, 0.15) is 47.5 Å². The molecule has 2 atom stereocenters. The molecule has 1 heterocycles. The van der Waals surface area contributed by atoms with Gasteiger partial charge in [0, 0.05) is 0 Å². The highest BCUT2D eigenvalue weighted by Gasteiger charge is 2.35. The zero-order valence-corrected chi connectivity index (χ0v) is 12.8. The predicted octanol–water partition coefficient (Wildman–Crippen LogP) is 2.38. The third-order valence-electron chi connectivity index (χ3n) is 2.05. The third kappa shape index (κ3) is 17.5. The Bertz CT molecular complexity index is 196. The first-order valence-corrected chi connectivity index (χ1v) is 6.70. The molecule has 5 heteroatoms. The van der Waals surface area contributed by atoms with Crippen molar-refractivity contribution in [3.05, 3.63) is 12.2 Å². The monoisotopic (exact) mass is 278 g/mol. The molecule has 0 saturated carbocycles. The van der Waals surface area contributed by atoms with Gasteiger partial charge in [-0.1, -0.05) is 26.0 Å². The molecule has 116 valence electrons. The van der Waals surface area contributed by atoms with Gasteiger partial charge in [0.05, 0.1) is 24.9 Å². The van der Waals surface area contributed by atoms with Crippen molar-refractivity contribution in [3.8, 4) is 0 Å². The lowest BCUT2D eigenvalue weighted by Crippen LogP contribution is -2.15. The lowest BCUT2D eigenvalue weighted by atomic mass is 10.2. The van der Waals surface area contributed by atoms with Crippen molar-refractivity contribution >= 4 is 0 Å². The van der Waals surface area contributed by atoms with Crippen molar-refractivity contribution < 1.29 is 25.1 Å². The summed E-state index contributed by atoms with van der Waals surface area (Å²) in [7, 11) is 0. The number of aliphatic hydroxyl groups is 2. The maximum atomic E-state index is 8.38. The van der Waals surface area contributed by atoms with Gasteiger partial charge in [-0.3, -0.25) is 5.26 Å². The minimum atomic E-state index is -0.403. The molecule has 0 bridgehead atoms. The molecule has 1 saturated heterocycles. The summed E-state index contributed by atoms with van der Waals surface area (Å²) < 4.78 is 4.97. The average Bonchev–Trinajstić information content (AvgIpc) is 3.15. The van der Waals surface area contributed by atoms with E-state index in [1.54, 1.807) is 26.8 Å². The van der Waals surface area contributed by atoms with Crippen LogP contribution >= 0.6 is 0 Å². The van der Waals surface area contributed by atoms with Crippen LogP contribution in [-0.2, 0) is 9.62 Å². The number of allylic oxidation sites excluding steroid dienone is 1. The van der Waals surface area contributed by atoms with E-state index in [0.717, 1.165) is 12.8 Å². The van der Waals surface area contributed by atoms with Crippen LogP contribution in [0.25, 0.3) is 0 Å². The van der Waals surface area contributed by atoms with Crippen molar-refractivity contribution in [1.82, 2.24) is 0 Å². The molecule has 0 aliphatic carbocycles. The molecule has 5 nitrogen and oxygen atoms in total. The summed E-state index contributed by atoms with van der Waals surface area (Å²) in [6, 6.07) is 0. The molecule has 0 spiro atoms. The molecule has 0 aromatic rings. The van der Waals surface area contributed by atoms with E-state index in [2.05, 4.69) is 11.8 Å². The van der Waals surface area contributed by atoms with E-state index >= 15 is 0 Å². The highest BCUT2D eigenvalue weighted by Crippen LogP contribution is 2.23. The number of epoxide rings is 1. The fourth-order valence-electron chi connectivity index (χ4n) is 0.940. The summed E-state index contributed by atoms with van der Waals surface area (Å²) in [5.41, 5.74) is -0.403. The van der Waals surface area contributed by atoms with Crippen LogP contribution in [0.4, 0.5) is 0 Å². The molecule has 0 radical (unpaired) electrons. The van der Waals surface area contributed by atoms with Gasteiger partial charge in [-0.15, -0.1) is 0 Å². The van der Waals surface area contributed by atoms with Gasteiger partial charge in [0.15, 0.2) is 0 Å². The largest absolute Gasteiger partial charge is 0.394 e. The quantitative estimate of drug-likeness (QED) is 0.318. The van der Waals surface area contributed by atoms with E-state index < -0.39 is 5.60 Å². The molecule has 2 unspecified atom stereocenters. The van der Waals surface area contributed by atoms with Gasteiger partial charge in [0.2, 0.25) is 0 Å². The molecule has 0 aromatic heterocycles. The van der Waals surface area contributed by atoms with Gasteiger partial charge in [0.25, 0.3) is 0 Å². The summed E-state index contributed by atoms with van der Waals surface area (Å²) >= 11 is 0. The topological polar surface area (TPSA) is 82.5 Å². The molecule has 0 aromatic carbocycles. The normalized spacial score (nSPS) is 21.3. The number of hydrogen-bond acceptors (Lipinski definition) is 5. The summed E-state index contributed by atoms with van der Waals surface area (Å²) in [5, 5.41) is 24.4. The Kier molecular flexibility index (Phi) is 13.8. The van der Waals surface area contributed by atoms with Crippen LogP contribution in [0.5, 0.6) is 0 Å². The van der Waals surface area contributed by atoms with Gasteiger partial charge in [0.1, 0.15) is 6.10 Å². The first-order valence-electron chi connectivity index (χ1n) is 6.70. The van der Waals surface area contributed by atoms with Gasteiger partial charge in [-0.2, -0.15) is 0 Å². The molecular formula is C14H30O5. The maximum absolute atomic E-state index is 8.38. The van der Waals surface area contributed by atoms with E-state index in [0.29, 0.717) is 6.10 Å². The SMILES string of the molecule is CC(C)(C)OO.CC/C=C\CO.CCC1OC1CO. The van der Waals surface area contributed by atoms with Gasteiger partial charge in [-0.25, -0.2) is 4.89 Å². The maximum Gasteiger partial charge on any atom is 0.107 e. The van der Waals surface area contributed by atoms with Crippen LogP contribution in [0.15, 0.2) is 12.2 Å². The second-order valence-corrected chi connectivity index (χ2v) is 5.07. The van der Waals surface area contributed by atoms with Crippen molar-refractivity contribution in [3.63, 3.8) is 0 Å². The van der Waals surface area contributed by atoms with Crippen LogP contribution in [0.3, 0.4) is 0 Å². The Morgan fingerprint density at radius 2 is 1.63 bits per heavy atom. The van der Waals surface area contributed by atoms with E-state index in [1.807, 2.05) is 13.0 Å². The first-order chi connectivity index (χ1) is 8.86. The zero-order valence-electron chi connectivity index (χ0n) is 12.8. The summed E-state index contributed by atoms with van der Waals surface area (Å²) in [6.07, 6.45) is 6.25. The molecule has 1 aliphatic heterocycles. The Morgan fingerprint density at radius 1 is 1.11 bits per heavy atom. The summed E-state index contributed by atoms with van der Waals surface area (Å²) in [4.78, 5) is 3.94. The van der Waals surface area contributed by atoms with Crippen LogP contribution < -0.4 is 0 Å². The molecule has 1 aliphatic rings. The zero-order chi connectivity index (χ0) is 15.3. The van der Waals surface area contributed by atoms with E-state index in [4.69, 9.17) is 20.2 Å². The van der Waals surface area contributed by atoms with Gasteiger partial charge < -0.3 is 14.9 Å². The molecule has 3 N–H and O–H groups in total. The third-order valence-corrected chi connectivity index (χ3v) is 2.05. The Balaban J connectivity index is 0. The van der Waals surface area contributed by atoms with Crippen LogP contribution in [-0.4, -0.2) is 46.5 Å². The lowest BCUT2D eigenvalue weighted by Gasteiger charge is -2.10. The molecule has 1 fully saturated rings. The van der Waals surface area contributed by atoms with Crippen molar-refractivity contribution in [1.29, 1.82) is 0 Å². The highest BCUT2D eigenvalue weighted by molar-refractivity contribution is 4.81. The van der Waals surface area contributed by atoms with Crippen molar-refractivity contribution in [2.24, 2.45) is 0 Å². The van der Waals surface area contributed by atoms with E-state index in [9.17, 15) is 0 Å². The fraction of sp³-hybridized carbons (Fsp3) is 0.857. The average molecular weight is 278 g/mol. The van der Waals surface area contributed by atoms with Gasteiger partial charge in [-0.05, 0) is 33.6 Å². The molecule has 1 rings (SSSR count). The molecular weight excluding hydrogens is 248 g/mol. The Morgan fingerprint density at radius 3 is 1.74 bits per heavy atom. The second-order valence-electron chi connectivity index (χ2n) is 5.07. The first kappa shape index (κ1) is 20.8. The Hall–Kier alpha value is -0.460. The fourth-order valence-corrected chi connectivity index (χ4v) is 0.940. The second kappa shape index (κ2) is 12.6. The minimum absolute atomic E-state index is 0.171. The number of ether oxygens (including phenoxy) is 1. The lowest BCUT2D eigenvalue weighted by molar-refractivity contribution is -0.306. The smallest absolute Gasteiger partial charge is 0.107 e.